The maximum atomic E-state index is 15.5. The summed E-state index contributed by atoms with van der Waals surface area (Å²) in [5.74, 6) is 0.0331. The fourth-order valence-electron chi connectivity index (χ4n) is 6.42. The molecule has 7 nitrogen and oxygen atoms in total. The number of rotatable bonds is 10. The van der Waals surface area contributed by atoms with Crippen LogP contribution in [-0.2, 0) is 9.59 Å². The van der Waals surface area contributed by atoms with Crippen molar-refractivity contribution in [3.05, 3.63) is 65.0 Å². The van der Waals surface area contributed by atoms with Crippen LogP contribution in [-0.4, -0.2) is 92.5 Å². The minimum absolute atomic E-state index is 0.0387. The summed E-state index contributed by atoms with van der Waals surface area (Å²) in [6.45, 7) is 15.1. The highest BCUT2D eigenvalue weighted by molar-refractivity contribution is 5.81. The van der Waals surface area contributed by atoms with Gasteiger partial charge in [0.2, 0.25) is 11.8 Å². The Morgan fingerprint density at radius 2 is 1.69 bits per heavy atom. The van der Waals surface area contributed by atoms with Crippen LogP contribution in [0.5, 0.6) is 0 Å². The number of amides is 2. The molecule has 0 bridgehead atoms. The van der Waals surface area contributed by atoms with Crippen molar-refractivity contribution in [2.75, 3.05) is 64.8 Å². The fraction of sp³-hybridized carbons (Fsp3) is 0.588. The van der Waals surface area contributed by atoms with Gasteiger partial charge < -0.3 is 20.0 Å². The molecule has 230 valence electrons. The van der Waals surface area contributed by atoms with E-state index in [2.05, 4.69) is 74.0 Å². The highest BCUT2D eigenvalue weighted by Crippen LogP contribution is 2.37. The van der Waals surface area contributed by atoms with Crippen LogP contribution in [0.2, 0.25) is 0 Å². The van der Waals surface area contributed by atoms with Gasteiger partial charge in [0.1, 0.15) is 5.82 Å². The minimum Gasteiger partial charge on any atom is -0.365 e. The second-order valence-corrected chi connectivity index (χ2v) is 13.0. The Morgan fingerprint density at radius 3 is 2.31 bits per heavy atom. The van der Waals surface area contributed by atoms with E-state index in [-0.39, 0.29) is 41.4 Å². The average molecular weight is 580 g/mol. The van der Waals surface area contributed by atoms with Crippen molar-refractivity contribution < 1.29 is 14.0 Å². The number of halogens is 1. The Hall–Kier alpha value is -2.97. The lowest BCUT2D eigenvalue weighted by molar-refractivity contribution is -0.136. The molecule has 2 aromatic rings. The van der Waals surface area contributed by atoms with E-state index >= 15 is 4.39 Å². The molecule has 4 rings (SSSR count). The number of aryl methyl sites for hydroxylation is 1. The first kappa shape index (κ1) is 32.0. The molecule has 3 atom stereocenters. The van der Waals surface area contributed by atoms with Crippen LogP contribution >= 0.6 is 0 Å². The Kier molecular flexibility index (Phi) is 10.7. The molecule has 0 aromatic heterocycles. The van der Waals surface area contributed by atoms with Crippen LogP contribution in [0.4, 0.5) is 10.1 Å². The van der Waals surface area contributed by atoms with Gasteiger partial charge in [0.25, 0.3) is 0 Å². The molecular weight excluding hydrogens is 529 g/mol. The van der Waals surface area contributed by atoms with Gasteiger partial charge >= 0.3 is 0 Å². The summed E-state index contributed by atoms with van der Waals surface area (Å²) >= 11 is 0. The summed E-state index contributed by atoms with van der Waals surface area (Å²) in [5, 5.41) is 3.17. The zero-order valence-corrected chi connectivity index (χ0v) is 26.6. The van der Waals surface area contributed by atoms with E-state index in [1.165, 1.54) is 17.2 Å². The number of nitrogens with one attached hydrogen (secondary N) is 1. The molecule has 2 aromatic carbocycles. The number of piperazine rings is 1. The summed E-state index contributed by atoms with van der Waals surface area (Å²) in [7, 11) is 3.89. The zero-order chi connectivity index (χ0) is 30.6. The molecule has 1 N–H and O–H groups in total. The molecular formula is C34H50FN5O2. The van der Waals surface area contributed by atoms with Crippen molar-refractivity contribution >= 4 is 17.5 Å². The van der Waals surface area contributed by atoms with E-state index in [9.17, 15) is 9.59 Å². The third-order valence-electron chi connectivity index (χ3n) is 8.90. The molecule has 0 aliphatic carbocycles. The molecule has 2 heterocycles. The van der Waals surface area contributed by atoms with Gasteiger partial charge in [0.15, 0.2) is 0 Å². The molecule has 2 amide bonds. The van der Waals surface area contributed by atoms with Crippen LogP contribution in [0.15, 0.2) is 42.5 Å². The number of carbonyl (C=O) groups is 2. The molecule has 0 unspecified atom stereocenters. The van der Waals surface area contributed by atoms with E-state index < -0.39 is 0 Å². The maximum absolute atomic E-state index is 15.5. The predicted octanol–water partition coefficient (Wildman–Crippen LogP) is 4.67. The van der Waals surface area contributed by atoms with Crippen molar-refractivity contribution in [3.8, 4) is 0 Å². The summed E-state index contributed by atoms with van der Waals surface area (Å²) < 4.78 is 15.5. The van der Waals surface area contributed by atoms with Crippen LogP contribution in [0.1, 0.15) is 62.8 Å². The van der Waals surface area contributed by atoms with Gasteiger partial charge in [-0.1, -0.05) is 55.8 Å². The molecule has 2 saturated heterocycles. The molecule has 2 aliphatic rings. The number of hydrogen-bond acceptors (Lipinski definition) is 5. The number of benzene rings is 2. The van der Waals surface area contributed by atoms with Gasteiger partial charge in [0.05, 0.1) is 17.6 Å². The largest absolute Gasteiger partial charge is 0.365 e. The van der Waals surface area contributed by atoms with Gasteiger partial charge in [-0.2, -0.15) is 0 Å². The van der Waals surface area contributed by atoms with E-state index in [0.29, 0.717) is 50.9 Å². The second kappa shape index (κ2) is 14.0. The fourth-order valence-corrected chi connectivity index (χ4v) is 6.42. The van der Waals surface area contributed by atoms with Crippen LogP contribution < -0.4 is 10.2 Å². The standard InChI is InChI=1S/C34H50FN5O2/c1-23(2)32(36-31(41)14-15-37(6)7)27-12-9-13-30(35)33(27)38-16-18-39(19-17-38)34(42)29-22-40(24(3)4)21-28(29)26-11-8-10-25(5)20-26/h8-13,20,23-24,28-29,32H,14-19,21-22H2,1-7H3,(H,36,41)/t28-,29+,32-/m0/s1. The lowest BCUT2D eigenvalue weighted by atomic mass is 9.87. The summed E-state index contributed by atoms with van der Waals surface area (Å²) in [6, 6.07) is 13.8. The Morgan fingerprint density at radius 1 is 1.00 bits per heavy atom. The minimum atomic E-state index is -0.305. The summed E-state index contributed by atoms with van der Waals surface area (Å²) in [4.78, 5) is 35.2. The SMILES string of the molecule is Cc1cccc([C@@H]2CN(C(C)C)C[C@H]2C(=O)N2CCN(c3c(F)cccc3[C@@H](NC(=O)CCN(C)C)C(C)C)CC2)c1. The van der Waals surface area contributed by atoms with E-state index in [1.807, 2.05) is 30.0 Å². The number of anilines is 1. The van der Waals surface area contributed by atoms with Gasteiger partial charge in [-0.15, -0.1) is 0 Å². The second-order valence-electron chi connectivity index (χ2n) is 13.0. The van der Waals surface area contributed by atoms with Crippen molar-refractivity contribution in [1.29, 1.82) is 0 Å². The van der Waals surface area contributed by atoms with Crippen molar-refractivity contribution in [2.24, 2.45) is 11.8 Å². The van der Waals surface area contributed by atoms with Gasteiger partial charge in [-0.3, -0.25) is 14.5 Å². The van der Waals surface area contributed by atoms with Crippen molar-refractivity contribution in [1.82, 2.24) is 20.0 Å². The topological polar surface area (TPSA) is 59.1 Å². The average Bonchev–Trinajstić information content (AvgIpc) is 3.40. The predicted molar refractivity (Wildman–Crippen MR) is 168 cm³/mol. The Labute approximate surface area is 252 Å². The Balaban J connectivity index is 1.49. The molecule has 42 heavy (non-hydrogen) atoms. The summed E-state index contributed by atoms with van der Waals surface area (Å²) in [5.41, 5.74) is 3.79. The first-order chi connectivity index (χ1) is 20.0. The van der Waals surface area contributed by atoms with Crippen LogP contribution in [0.3, 0.4) is 0 Å². The summed E-state index contributed by atoms with van der Waals surface area (Å²) in [6.07, 6.45) is 0.389. The van der Waals surface area contributed by atoms with E-state index in [0.717, 1.165) is 18.7 Å². The van der Waals surface area contributed by atoms with Crippen molar-refractivity contribution in [3.63, 3.8) is 0 Å². The van der Waals surface area contributed by atoms with Crippen molar-refractivity contribution in [2.45, 2.75) is 59.0 Å². The molecule has 0 saturated carbocycles. The number of para-hydroxylation sites is 1. The Bertz CT molecular complexity index is 1220. The molecule has 8 heteroatoms. The zero-order valence-electron chi connectivity index (χ0n) is 26.6. The van der Waals surface area contributed by atoms with Crippen LogP contribution in [0.25, 0.3) is 0 Å². The molecule has 0 radical (unpaired) electrons. The first-order valence-corrected chi connectivity index (χ1v) is 15.5. The highest BCUT2D eigenvalue weighted by atomic mass is 19.1. The smallest absolute Gasteiger partial charge is 0.227 e. The third-order valence-corrected chi connectivity index (χ3v) is 8.90. The molecule has 2 fully saturated rings. The molecule has 2 aliphatic heterocycles. The number of carbonyl (C=O) groups excluding carboxylic acids is 2. The highest BCUT2D eigenvalue weighted by Gasteiger charge is 2.42. The first-order valence-electron chi connectivity index (χ1n) is 15.5. The number of nitrogens with zero attached hydrogens (tertiary/aromatic N) is 4. The third kappa shape index (κ3) is 7.51. The molecule has 0 spiro atoms. The van der Waals surface area contributed by atoms with Gasteiger partial charge in [-0.25, -0.2) is 4.39 Å². The quantitative estimate of drug-likeness (QED) is 0.443. The maximum Gasteiger partial charge on any atom is 0.227 e. The monoisotopic (exact) mass is 579 g/mol. The van der Waals surface area contributed by atoms with Gasteiger partial charge in [-0.05, 0) is 52.4 Å². The lowest BCUT2D eigenvalue weighted by Crippen LogP contribution is -2.52. The lowest BCUT2D eigenvalue weighted by Gasteiger charge is -2.39. The van der Waals surface area contributed by atoms with Crippen LogP contribution in [0, 0.1) is 24.6 Å². The number of likely N-dealkylation sites (tertiary alicyclic amines) is 1. The van der Waals surface area contributed by atoms with Gasteiger partial charge in [0, 0.05) is 69.8 Å². The number of hydrogen-bond donors (Lipinski definition) is 1. The normalized spacial score (nSPS) is 20.5. The van der Waals surface area contributed by atoms with E-state index in [4.69, 9.17) is 0 Å². The van der Waals surface area contributed by atoms with E-state index in [1.54, 1.807) is 6.07 Å².